The Kier molecular flexibility index (Phi) is 8.76. The quantitative estimate of drug-likeness (QED) is 0.380. The third-order valence-corrected chi connectivity index (χ3v) is 5.91. The summed E-state index contributed by atoms with van der Waals surface area (Å²) in [4.78, 5) is 14.1. The van der Waals surface area contributed by atoms with E-state index in [9.17, 15) is 0 Å². The Labute approximate surface area is 205 Å². The molecule has 8 nitrogen and oxygen atoms in total. The summed E-state index contributed by atoms with van der Waals surface area (Å²) >= 11 is 6.13. The zero-order valence-electron chi connectivity index (χ0n) is 19.7. The number of piperazine rings is 1. The second-order valence-electron chi connectivity index (χ2n) is 8.10. The maximum Gasteiger partial charge on any atom is 0.225 e. The molecule has 1 saturated heterocycles. The molecule has 0 saturated carbocycles. The first kappa shape index (κ1) is 24.5. The van der Waals surface area contributed by atoms with Crippen molar-refractivity contribution >= 4 is 28.5 Å². The summed E-state index contributed by atoms with van der Waals surface area (Å²) in [6.07, 6.45) is 1.85. The molecule has 1 aliphatic heterocycles. The number of ether oxygens (including phenoxy) is 4. The number of nitrogens with zero attached hydrogens (tertiary/aromatic N) is 4. The lowest BCUT2D eigenvalue weighted by Gasteiger charge is -2.34. The molecule has 182 valence electrons. The molecule has 1 aliphatic rings. The highest BCUT2D eigenvalue weighted by Crippen LogP contribution is 2.32. The van der Waals surface area contributed by atoms with Crippen LogP contribution >= 0.6 is 11.6 Å². The summed E-state index contributed by atoms with van der Waals surface area (Å²) in [6.45, 7) is 6.33. The predicted octanol–water partition coefficient (Wildman–Crippen LogP) is 3.66. The van der Waals surface area contributed by atoms with Gasteiger partial charge in [0.15, 0.2) is 11.5 Å². The molecule has 0 aliphatic carbocycles. The number of halogens is 1. The van der Waals surface area contributed by atoms with E-state index in [-0.39, 0.29) is 0 Å². The summed E-state index contributed by atoms with van der Waals surface area (Å²) in [5, 5.41) is 1.67. The van der Waals surface area contributed by atoms with Crippen LogP contribution in [0.5, 0.6) is 11.5 Å². The third kappa shape index (κ3) is 6.48. The summed E-state index contributed by atoms with van der Waals surface area (Å²) in [6, 6.07) is 11.9. The van der Waals surface area contributed by atoms with Gasteiger partial charge in [0.2, 0.25) is 5.95 Å². The number of anilines is 1. The molecule has 0 amide bonds. The minimum Gasteiger partial charge on any atom is -0.487 e. The summed E-state index contributed by atoms with van der Waals surface area (Å²) in [7, 11) is 3.29. The van der Waals surface area contributed by atoms with E-state index in [1.54, 1.807) is 14.2 Å². The molecule has 2 aromatic carbocycles. The maximum absolute atomic E-state index is 6.13. The Balaban J connectivity index is 1.45. The average molecular weight is 487 g/mol. The Morgan fingerprint density at radius 2 is 1.59 bits per heavy atom. The van der Waals surface area contributed by atoms with E-state index in [0.717, 1.165) is 54.6 Å². The number of hydrogen-bond acceptors (Lipinski definition) is 8. The monoisotopic (exact) mass is 486 g/mol. The highest BCUT2D eigenvalue weighted by atomic mass is 35.5. The highest BCUT2D eigenvalue weighted by Gasteiger charge is 2.20. The molecule has 34 heavy (non-hydrogen) atoms. The molecule has 9 heteroatoms. The average Bonchev–Trinajstić information content (AvgIpc) is 2.85. The second kappa shape index (κ2) is 12.2. The number of rotatable bonds is 11. The zero-order chi connectivity index (χ0) is 23.8. The van der Waals surface area contributed by atoms with Crippen molar-refractivity contribution < 1.29 is 18.9 Å². The van der Waals surface area contributed by atoms with Crippen molar-refractivity contribution in [3.63, 3.8) is 0 Å². The molecule has 0 N–H and O–H groups in total. The van der Waals surface area contributed by atoms with Crippen LogP contribution in [0.2, 0.25) is 5.02 Å². The van der Waals surface area contributed by atoms with E-state index >= 15 is 0 Å². The molecule has 1 fully saturated rings. The lowest BCUT2D eigenvalue weighted by Crippen LogP contribution is -2.46. The molecule has 0 spiro atoms. The van der Waals surface area contributed by atoms with Crippen LogP contribution in [0, 0.1) is 0 Å². The van der Waals surface area contributed by atoms with Crippen molar-refractivity contribution in [2.45, 2.75) is 6.54 Å². The van der Waals surface area contributed by atoms with Gasteiger partial charge in [-0.3, -0.25) is 4.90 Å². The number of methoxy groups -OCH3 is 2. The smallest absolute Gasteiger partial charge is 0.225 e. The standard InChI is InChI=1S/C25H31ClN4O4/c1-31-10-12-33-23-15-20-17-27-25(28-22(20)16-24(23)34-13-11-32-2)30-8-6-29(7-9-30)18-19-4-3-5-21(26)14-19/h3-5,14-17H,6-13,18H2,1-2H3. The van der Waals surface area contributed by atoms with Crippen LogP contribution < -0.4 is 14.4 Å². The first-order valence-corrected chi connectivity index (χ1v) is 11.8. The van der Waals surface area contributed by atoms with Crippen molar-refractivity contribution in [1.29, 1.82) is 0 Å². The van der Waals surface area contributed by atoms with Crippen molar-refractivity contribution in [3.05, 3.63) is 53.2 Å². The minimum absolute atomic E-state index is 0.426. The number of benzene rings is 2. The molecular formula is C25H31ClN4O4. The SMILES string of the molecule is COCCOc1cc2cnc(N3CCN(Cc4cccc(Cl)c4)CC3)nc2cc1OCCOC. The maximum atomic E-state index is 6.13. The largest absolute Gasteiger partial charge is 0.487 e. The lowest BCUT2D eigenvalue weighted by molar-refractivity contribution is 0.132. The molecule has 2 heterocycles. The first-order chi connectivity index (χ1) is 16.7. The molecule has 0 atom stereocenters. The summed E-state index contributed by atoms with van der Waals surface area (Å²) < 4.78 is 22.0. The van der Waals surface area contributed by atoms with E-state index in [4.69, 9.17) is 35.5 Å². The third-order valence-electron chi connectivity index (χ3n) is 5.67. The number of aromatic nitrogens is 2. The minimum atomic E-state index is 0.426. The molecule has 0 unspecified atom stereocenters. The van der Waals surface area contributed by atoms with E-state index in [1.165, 1.54) is 5.56 Å². The molecular weight excluding hydrogens is 456 g/mol. The van der Waals surface area contributed by atoms with E-state index in [0.29, 0.717) is 37.9 Å². The Hall–Kier alpha value is -2.65. The van der Waals surface area contributed by atoms with Crippen LogP contribution in [0.1, 0.15) is 5.56 Å². The normalized spacial score (nSPS) is 14.5. The van der Waals surface area contributed by atoms with Crippen molar-refractivity contribution in [1.82, 2.24) is 14.9 Å². The second-order valence-corrected chi connectivity index (χ2v) is 8.54. The van der Waals surface area contributed by atoms with Crippen molar-refractivity contribution in [3.8, 4) is 11.5 Å². The van der Waals surface area contributed by atoms with Crippen LogP contribution in [-0.4, -0.2) is 81.7 Å². The van der Waals surface area contributed by atoms with Gasteiger partial charge in [-0.15, -0.1) is 0 Å². The molecule has 1 aromatic heterocycles. The van der Waals surface area contributed by atoms with Gasteiger partial charge >= 0.3 is 0 Å². The molecule has 0 radical (unpaired) electrons. The van der Waals surface area contributed by atoms with Crippen LogP contribution in [0.3, 0.4) is 0 Å². The lowest BCUT2D eigenvalue weighted by atomic mass is 10.2. The number of hydrogen-bond donors (Lipinski definition) is 0. The van der Waals surface area contributed by atoms with E-state index in [2.05, 4.69) is 20.9 Å². The fraction of sp³-hybridized carbons (Fsp3) is 0.440. The van der Waals surface area contributed by atoms with Crippen LogP contribution in [-0.2, 0) is 16.0 Å². The first-order valence-electron chi connectivity index (χ1n) is 11.4. The molecule has 4 rings (SSSR count). The van der Waals surface area contributed by atoms with Gasteiger partial charge in [-0.05, 0) is 23.8 Å². The predicted molar refractivity (Wildman–Crippen MR) is 133 cm³/mol. The van der Waals surface area contributed by atoms with Gasteiger partial charge in [-0.2, -0.15) is 0 Å². The topological polar surface area (TPSA) is 69.2 Å². The van der Waals surface area contributed by atoms with Crippen LogP contribution in [0.4, 0.5) is 5.95 Å². The van der Waals surface area contributed by atoms with Crippen LogP contribution in [0.15, 0.2) is 42.6 Å². The zero-order valence-corrected chi connectivity index (χ0v) is 20.5. The van der Waals surface area contributed by atoms with Gasteiger partial charge in [0.25, 0.3) is 0 Å². The highest BCUT2D eigenvalue weighted by molar-refractivity contribution is 6.30. The summed E-state index contributed by atoms with van der Waals surface area (Å²) in [5.74, 6) is 2.01. The Bertz CT molecular complexity index is 1080. The van der Waals surface area contributed by atoms with Crippen molar-refractivity contribution in [2.75, 3.05) is 71.7 Å². The van der Waals surface area contributed by atoms with Gasteiger partial charge in [0.05, 0.1) is 18.7 Å². The van der Waals surface area contributed by atoms with Gasteiger partial charge in [-0.1, -0.05) is 23.7 Å². The Morgan fingerprint density at radius 1 is 0.882 bits per heavy atom. The number of fused-ring (bicyclic) bond motifs is 1. The van der Waals surface area contributed by atoms with Gasteiger partial charge in [0, 0.05) is 69.6 Å². The van der Waals surface area contributed by atoms with E-state index in [1.807, 2.05) is 36.5 Å². The van der Waals surface area contributed by atoms with E-state index < -0.39 is 0 Å². The molecule has 3 aromatic rings. The fourth-order valence-electron chi connectivity index (χ4n) is 3.88. The van der Waals surface area contributed by atoms with Gasteiger partial charge in [0.1, 0.15) is 13.2 Å². The van der Waals surface area contributed by atoms with Crippen LogP contribution in [0.25, 0.3) is 10.9 Å². The summed E-state index contributed by atoms with van der Waals surface area (Å²) in [5.41, 5.74) is 2.05. The molecule has 0 bridgehead atoms. The van der Waals surface area contributed by atoms with Crippen molar-refractivity contribution in [2.24, 2.45) is 0 Å². The fourth-order valence-corrected chi connectivity index (χ4v) is 4.09. The van der Waals surface area contributed by atoms with Gasteiger partial charge in [-0.25, -0.2) is 9.97 Å². The Morgan fingerprint density at radius 3 is 2.26 bits per heavy atom. The van der Waals surface area contributed by atoms with Gasteiger partial charge < -0.3 is 23.8 Å².